The minimum absolute atomic E-state index is 0.558. The first-order valence-electron chi connectivity index (χ1n) is 17.2. The number of thiophene rings is 1. The number of nitrogens with zero attached hydrogens (tertiary/aromatic N) is 6. The zero-order valence-corrected chi connectivity index (χ0v) is 28.7. The normalized spacial score (nSPS) is 11.8. The third kappa shape index (κ3) is 4.82. The number of hydrogen-bond acceptors (Lipinski definition) is 9. The van der Waals surface area contributed by atoms with Crippen LogP contribution < -0.4 is 9.80 Å². The maximum Gasteiger partial charge on any atom is 0.235 e. The fraction of sp³-hybridized carbons (Fsp3) is 0. The van der Waals surface area contributed by atoms with E-state index in [0.29, 0.717) is 11.9 Å². The van der Waals surface area contributed by atoms with Gasteiger partial charge >= 0.3 is 0 Å². The molecule has 8 nitrogen and oxygen atoms in total. The third-order valence-corrected chi connectivity index (χ3v) is 10.6. The highest BCUT2D eigenvalue weighted by atomic mass is 32.1. The van der Waals surface area contributed by atoms with E-state index in [1.54, 1.807) is 0 Å². The van der Waals surface area contributed by atoms with E-state index in [1.807, 2.05) is 97.3 Å². The van der Waals surface area contributed by atoms with Gasteiger partial charge in [0.2, 0.25) is 11.9 Å². The lowest BCUT2D eigenvalue weighted by Crippen LogP contribution is -2.13. The molecule has 0 unspecified atom stereocenters. The van der Waals surface area contributed by atoms with E-state index < -0.39 is 0 Å². The molecule has 11 rings (SSSR count). The summed E-state index contributed by atoms with van der Waals surface area (Å²) in [7, 11) is 0. The Hall–Kier alpha value is -7.10. The van der Waals surface area contributed by atoms with Gasteiger partial charge in [-0.1, -0.05) is 84.1 Å². The lowest BCUT2D eigenvalue weighted by atomic mass is 10.1. The van der Waals surface area contributed by atoms with Crippen LogP contribution in [0.4, 0.5) is 34.6 Å². The molecule has 0 N–H and O–H groups in total. The lowest BCUT2D eigenvalue weighted by molar-refractivity contribution is 0.668. The predicted molar refractivity (Wildman–Crippen MR) is 214 cm³/mol. The molecule has 0 radical (unpaired) electrons. The molecule has 0 saturated carbocycles. The Kier molecular flexibility index (Phi) is 6.55. The van der Waals surface area contributed by atoms with Gasteiger partial charge in [0.05, 0.1) is 0 Å². The van der Waals surface area contributed by atoms with E-state index in [-0.39, 0.29) is 0 Å². The number of rotatable bonds is 6. The summed E-state index contributed by atoms with van der Waals surface area (Å²) in [5.74, 6) is 1.12. The summed E-state index contributed by atoms with van der Waals surface area (Å²) in [6.45, 7) is 0. The highest BCUT2D eigenvalue weighted by Gasteiger charge is 2.22. The second-order valence-corrected chi connectivity index (χ2v) is 13.8. The average Bonchev–Trinajstić information content (AvgIpc) is 3.89. The van der Waals surface area contributed by atoms with Gasteiger partial charge in [0, 0.05) is 67.5 Å². The third-order valence-electron chi connectivity index (χ3n) is 9.63. The molecule has 5 heterocycles. The van der Waals surface area contributed by atoms with Crippen molar-refractivity contribution in [1.82, 2.24) is 19.9 Å². The van der Waals surface area contributed by atoms with Crippen LogP contribution in [0.5, 0.6) is 0 Å². The molecule has 9 heteroatoms. The van der Waals surface area contributed by atoms with Crippen molar-refractivity contribution in [3.05, 3.63) is 158 Å². The van der Waals surface area contributed by atoms with Crippen molar-refractivity contribution in [2.75, 3.05) is 9.80 Å². The Morgan fingerprint density at radius 1 is 0.377 bits per heavy atom. The molecule has 0 aliphatic rings. The number of para-hydroxylation sites is 4. The molecular formula is C44H26N6O2S. The van der Waals surface area contributed by atoms with Crippen LogP contribution in [0, 0.1) is 0 Å². The van der Waals surface area contributed by atoms with Crippen LogP contribution in [0.25, 0.3) is 64.3 Å². The Morgan fingerprint density at radius 2 is 0.792 bits per heavy atom. The van der Waals surface area contributed by atoms with E-state index in [9.17, 15) is 0 Å². The van der Waals surface area contributed by atoms with Crippen LogP contribution in [0.1, 0.15) is 0 Å². The Morgan fingerprint density at radius 3 is 1.26 bits per heavy atom. The quantitative estimate of drug-likeness (QED) is 0.169. The topological polar surface area (TPSA) is 84.3 Å². The minimum Gasteiger partial charge on any atom is -0.456 e. The maximum absolute atomic E-state index is 6.14. The van der Waals surface area contributed by atoms with Crippen LogP contribution in [-0.4, -0.2) is 19.9 Å². The summed E-state index contributed by atoms with van der Waals surface area (Å²) in [5, 5.41) is 6.01. The van der Waals surface area contributed by atoms with E-state index in [2.05, 4.69) is 70.5 Å². The van der Waals surface area contributed by atoms with Gasteiger partial charge in [-0.05, 0) is 72.8 Å². The van der Waals surface area contributed by atoms with Crippen molar-refractivity contribution >= 4 is 110 Å². The van der Waals surface area contributed by atoms with Gasteiger partial charge in [-0.15, -0.1) is 0 Å². The van der Waals surface area contributed by atoms with Crippen LogP contribution in [0.15, 0.2) is 167 Å². The Balaban J connectivity index is 1.04. The van der Waals surface area contributed by atoms with Crippen molar-refractivity contribution in [2.24, 2.45) is 0 Å². The smallest absolute Gasteiger partial charge is 0.235 e. The van der Waals surface area contributed by atoms with E-state index in [1.165, 1.54) is 11.3 Å². The molecule has 53 heavy (non-hydrogen) atoms. The largest absolute Gasteiger partial charge is 0.456 e. The maximum atomic E-state index is 6.14. The molecular weight excluding hydrogens is 677 g/mol. The number of aromatic nitrogens is 4. The molecule has 0 bridgehead atoms. The number of anilines is 6. The molecule has 250 valence electrons. The first kappa shape index (κ1) is 29.6. The molecule has 0 aliphatic heterocycles. The van der Waals surface area contributed by atoms with E-state index in [0.717, 1.165) is 87.1 Å². The summed E-state index contributed by atoms with van der Waals surface area (Å²) in [6, 6.07) is 49.0. The highest BCUT2D eigenvalue weighted by molar-refractivity contribution is 7.25. The Labute approximate surface area is 305 Å². The highest BCUT2D eigenvalue weighted by Crippen LogP contribution is 2.41. The SMILES string of the molecule is c1ccc(N(c2ccc3oc4ccccc4c3c2)c2ncc3c(n2)sc2nc(N(c4ccccc4)c4ccc5oc6ccccc6c5c4)ncc23)cc1. The molecule has 0 amide bonds. The van der Waals surface area contributed by atoms with Crippen LogP contribution in [0.3, 0.4) is 0 Å². The van der Waals surface area contributed by atoms with Crippen molar-refractivity contribution in [2.45, 2.75) is 0 Å². The standard InChI is InChI=1S/C44H26N6O2S/c1-3-11-27(12-4-1)49(29-19-21-39-33(23-29)31-15-7-9-17-37(31)51-39)43-45-25-35-36-26-46-44(48-42(36)53-41(35)47-43)50(28-13-5-2-6-14-28)30-20-22-40-34(24-30)32-16-8-10-18-38(32)52-40/h1-26H. The fourth-order valence-electron chi connectivity index (χ4n) is 7.17. The second kappa shape index (κ2) is 11.7. The van der Waals surface area contributed by atoms with Gasteiger partial charge in [0.15, 0.2) is 0 Å². The van der Waals surface area contributed by atoms with Crippen molar-refractivity contribution in [1.29, 1.82) is 0 Å². The molecule has 0 saturated heterocycles. The summed E-state index contributed by atoms with van der Waals surface area (Å²) in [5.41, 5.74) is 7.14. The lowest BCUT2D eigenvalue weighted by Gasteiger charge is -2.23. The predicted octanol–water partition coefficient (Wildman–Crippen LogP) is 12.4. The molecule has 5 aromatic heterocycles. The molecule has 11 aromatic rings. The molecule has 6 aromatic carbocycles. The summed E-state index contributed by atoms with van der Waals surface area (Å²) >= 11 is 1.53. The summed E-state index contributed by atoms with van der Waals surface area (Å²) in [6.07, 6.45) is 3.77. The van der Waals surface area contributed by atoms with E-state index >= 15 is 0 Å². The van der Waals surface area contributed by atoms with Crippen LogP contribution in [-0.2, 0) is 0 Å². The summed E-state index contributed by atoms with van der Waals surface area (Å²) in [4.78, 5) is 26.0. The fourth-order valence-corrected chi connectivity index (χ4v) is 8.15. The number of benzene rings is 6. The second-order valence-electron chi connectivity index (χ2n) is 12.8. The average molecular weight is 703 g/mol. The number of furan rings is 2. The van der Waals surface area contributed by atoms with Gasteiger partial charge in [-0.2, -0.15) is 0 Å². The first-order valence-corrected chi connectivity index (χ1v) is 18.0. The zero-order chi connectivity index (χ0) is 34.9. The minimum atomic E-state index is 0.558. The number of fused-ring (bicyclic) bond motifs is 9. The monoisotopic (exact) mass is 702 g/mol. The van der Waals surface area contributed by atoms with Crippen molar-refractivity contribution in [3.63, 3.8) is 0 Å². The molecule has 0 aliphatic carbocycles. The molecule has 0 fully saturated rings. The van der Waals surface area contributed by atoms with Gasteiger partial charge in [-0.25, -0.2) is 19.9 Å². The van der Waals surface area contributed by atoms with Gasteiger partial charge in [0.25, 0.3) is 0 Å². The summed E-state index contributed by atoms with van der Waals surface area (Å²) < 4.78 is 12.3. The van der Waals surface area contributed by atoms with Gasteiger partial charge in [0.1, 0.15) is 32.0 Å². The first-order chi connectivity index (χ1) is 26.2. The van der Waals surface area contributed by atoms with Gasteiger partial charge < -0.3 is 8.83 Å². The molecule has 0 atom stereocenters. The Bertz CT molecular complexity index is 2940. The van der Waals surface area contributed by atoms with Crippen molar-refractivity contribution < 1.29 is 8.83 Å². The zero-order valence-electron chi connectivity index (χ0n) is 27.9. The van der Waals surface area contributed by atoms with E-state index in [4.69, 9.17) is 28.8 Å². The number of hydrogen-bond donors (Lipinski definition) is 0. The van der Waals surface area contributed by atoms with Gasteiger partial charge in [-0.3, -0.25) is 9.80 Å². The van der Waals surface area contributed by atoms with Crippen LogP contribution in [0.2, 0.25) is 0 Å². The molecule has 0 spiro atoms. The van der Waals surface area contributed by atoms with Crippen LogP contribution >= 0.6 is 11.3 Å². The van der Waals surface area contributed by atoms with Crippen molar-refractivity contribution in [3.8, 4) is 0 Å².